The SMILES string of the molecule is CCSSCc1c(C)c(OC)cc[n+]1-c1nc2cc3c(cc2[nH]1)C(C)(C)CC3(C)C. The van der Waals surface area contributed by atoms with Crippen LogP contribution in [0.2, 0.25) is 0 Å². The number of aromatic nitrogens is 3. The summed E-state index contributed by atoms with van der Waals surface area (Å²) in [6, 6.07) is 6.65. The van der Waals surface area contributed by atoms with Gasteiger partial charge in [-0.05, 0) is 47.4 Å². The van der Waals surface area contributed by atoms with Crippen molar-refractivity contribution < 1.29 is 9.30 Å². The largest absolute Gasteiger partial charge is 0.496 e. The Balaban J connectivity index is 1.84. The standard InChI is InChI=1S/C24H32N3OS2/c1-8-29-30-13-20-15(2)21(28-7)9-10-27(20)22-25-18-11-16-17(12-19(18)26-22)24(5,6)14-23(16,3)4/h9-12H,8,13-14H2,1-7H3,(H,25,26)/q+1. The molecule has 0 radical (unpaired) electrons. The molecule has 1 aliphatic carbocycles. The molecule has 4 rings (SSSR count). The van der Waals surface area contributed by atoms with E-state index >= 15 is 0 Å². The van der Waals surface area contributed by atoms with Gasteiger partial charge in [-0.3, -0.25) is 0 Å². The third-order valence-corrected chi connectivity index (χ3v) is 8.62. The second-order valence-electron chi connectivity index (χ2n) is 9.41. The van der Waals surface area contributed by atoms with Gasteiger partial charge < -0.3 is 4.74 Å². The molecule has 0 atom stereocenters. The van der Waals surface area contributed by atoms with Crippen molar-refractivity contribution in [1.29, 1.82) is 0 Å². The Labute approximate surface area is 187 Å². The molecule has 0 saturated heterocycles. The van der Waals surface area contributed by atoms with Crippen LogP contribution in [0.1, 0.15) is 63.4 Å². The van der Waals surface area contributed by atoms with Crippen LogP contribution in [0.3, 0.4) is 0 Å². The van der Waals surface area contributed by atoms with Gasteiger partial charge in [-0.25, -0.2) is 9.55 Å². The lowest BCUT2D eigenvalue weighted by molar-refractivity contribution is -0.610. The van der Waals surface area contributed by atoms with E-state index in [4.69, 9.17) is 9.72 Å². The highest BCUT2D eigenvalue weighted by Gasteiger charge is 2.42. The van der Waals surface area contributed by atoms with Gasteiger partial charge in [-0.1, -0.05) is 61.2 Å². The molecule has 0 unspecified atom stereocenters. The third kappa shape index (κ3) is 3.62. The highest BCUT2D eigenvalue weighted by atomic mass is 33.1. The summed E-state index contributed by atoms with van der Waals surface area (Å²) in [5.74, 6) is 3.78. The lowest BCUT2D eigenvalue weighted by Crippen LogP contribution is -2.37. The number of aromatic amines is 1. The summed E-state index contributed by atoms with van der Waals surface area (Å²) in [5.41, 5.74) is 7.76. The number of methoxy groups -OCH3 is 1. The first kappa shape index (κ1) is 21.6. The molecule has 0 amide bonds. The molecule has 4 nitrogen and oxygen atoms in total. The van der Waals surface area contributed by atoms with Crippen molar-refractivity contribution >= 4 is 32.6 Å². The monoisotopic (exact) mass is 442 g/mol. The van der Waals surface area contributed by atoms with E-state index in [1.165, 1.54) is 16.8 Å². The molecule has 2 heterocycles. The molecule has 0 spiro atoms. The Hall–Kier alpha value is -1.66. The number of nitrogens with one attached hydrogen (secondary N) is 1. The van der Waals surface area contributed by atoms with Crippen molar-refractivity contribution in [3.05, 3.63) is 46.8 Å². The normalized spacial score (nSPS) is 16.8. The quantitative estimate of drug-likeness (QED) is 0.288. The first-order valence-electron chi connectivity index (χ1n) is 10.6. The second-order valence-corrected chi connectivity index (χ2v) is 12.2. The minimum absolute atomic E-state index is 0.176. The summed E-state index contributed by atoms with van der Waals surface area (Å²) in [6.07, 6.45) is 3.23. The number of pyridine rings is 1. The number of fused-ring (bicyclic) bond motifs is 2. The van der Waals surface area contributed by atoms with Gasteiger partial charge >= 0.3 is 5.95 Å². The summed E-state index contributed by atoms with van der Waals surface area (Å²) in [6.45, 7) is 13.7. The van der Waals surface area contributed by atoms with E-state index in [1.54, 1.807) is 7.11 Å². The molecule has 3 aromatic rings. The first-order valence-corrected chi connectivity index (χ1v) is 13.0. The van der Waals surface area contributed by atoms with Crippen LogP contribution < -0.4 is 9.30 Å². The number of rotatable bonds is 6. The van der Waals surface area contributed by atoms with Gasteiger partial charge in [0, 0.05) is 17.4 Å². The lowest BCUT2D eigenvalue weighted by Gasteiger charge is -2.22. The van der Waals surface area contributed by atoms with E-state index < -0.39 is 0 Å². The number of hydrogen-bond donors (Lipinski definition) is 1. The van der Waals surface area contributed by atoms with Crippen molar-refractivity contribution in [2.24, 2.45) is 0 Å². The Morgan fingerprint density at radius 1 is 1.13 bits per heavy atom. The van der Waals surface area contributed by atoms with Crippen molar-refractivity contribution in [3.63, 3.8) is 0 Å². The molecule has 30 heavy (non-hydrogen) atoms. The summed E-state index contributed by atoms with van der Waals surface area (Å²) in [7, 11) is 5.48. The Kier molecular flexibility index (Phi) is 5.60. The highest BCUT2D eigenvalue weighted by molar-refractivity contribution is 8.76. The minimum Gasteiger partial charge on any atom is -0.496 e. The fourth-order valence-corrected chi connectivity index (χ4v) is 6.83. The molecule has 0 bridgehead atoms. The Morgan fingerprint density at radius 3 is 2.50 bits per heavy atom. The van der Waals surface area contributed by atoms with E-state index in [-0.39, 0.29) is 10.8 Å². The molecule has 0 fully saturated rings. The van der Waals surface area contributed by atoms with Crippen LogP contribution in [-0.2, 0) is 16.6 Å². The number of nitrogens with zero attached hydrogens (tertiary/aromatic N) is 2. The molecular formula is C24H32N3OS2+. The van der Waals surface area contributed by atoms with E-state index in [0.717, 1.165) is 46.2 Å². The molecule has 160 valence electrons. The predicted octanol–water partition coefficient (Wildman–Crippen LogP) is 6.02. The maximum Gasteiger partial charge on any atom is 0.402 e. The van der Waals surface area contributed by atoms with Crippen molar-refractivity contribution in [2.45, 2.75) is 64.5 Å². The van der Waals surface area contributed by atoms with Crippen LogP contribution in [-0.4, -0.2) is 22.8 Å². The number of benzene rings is 1. The van der Waals surface area contributed by atoms with Gasteiger partial charge in [0.05, 0.1) is 19.1 Å². The topological polar surface area (TPSA) is 41.8 Å². The zero-order valence-corrected chi connectivity index (χ0v) is 20.7. The second kappa shape index (κ2) is 7.79. The molecular weight excluding hydrogens is 410 g/mol. The first-order chi connectivity index (χ1) is 14.2. The lowest BCUT2D eigenvalue weighted by atomic mass is 9.82. The van der Waals surface area contributed by atoms with E-state index in [0.29, 0.717) is 0 Å². The molecule has 1 aromatic carbocycles. The zero-order valence-electron chi connectivity index (χ0n) is 19.0. The maximum atomic E-state index is 5.58. The summed E-state index contributed by atoms with van der Waals surface area (Å²) in [5, 5.41) is 0. The number of hydrogen-bond acceptors (Lipinski definition) is 4. The molecule has 2 aromatic heterocycles. The maximum absolute atomic E-state index is 5.58. The van der Waals surface area contributed by atoms with Gasteiger partial charge in [0.15, 0.2) is 5.52 Å². The minimum atomic E-state index is 0.176. The summed E-state index contributed by atoms with van der Waals surface area (Å²) >= 11 is 0. The zero-order chi connectivity index (χ0) is 21.7. The van der Waals surface area contributed by atoms with Crippen LogP contribution in [0.4, 0.5) is 0 Å². The van der Waals surface area contributed by atoms with E-state index in [9.17, 15) is 0 Å². The molecule has 0 aliphatic heterocycles. The number of H-pyrrole nitrogens is 1. The third-order valence-electron chi connectivity index (χ3n) is 6.26. The molecule has 0 saturated carbocycles. The van der Waals surface area contributed by atoms with Crippen molar-refractivity contribution in [2.75, 3.05) is 12.9 Å². The van der Waals surface area contributed by atoms with Gasteiger partial charge in [0.25, 0.3) is 0 Å². The molecule has 1 N–H and O–H groups in total. The fraction of sp³-hybridized carbons (Fsp3) is 0.500. The van der Waals surface area contributed by atoms with Gasteiger partial charge in [0.2, 0.25) is 0 Å². The van der Waals surface area contributed by atoms with Crippen molar-refractivity contribution in [3.8, 4) is 11.7 Å². The average Bonchev–Trinajstić information content (AvgIpc) is 3.17. The van der Waals surface area contributed by atoms with Crippen LogP contribution in [0.5, 0.6) is 5.75 Å². The van der Waals surface area contributed by atoms with Crippen LogP contribution in [0.15, 0.2) is 24.4 Å². The van der Waals surface area contributed by atoms with E-state index in [2.05, 4.69) is 69.4 Å². The Morgan fingerprint density at radius 2 is 1.83 bits per heavy atom. The smallest absolute Gasteiger partial charge is 0.402 e. The molecule has 6 heteroatoms. The van der Waals surface area contributed by atoms with Gasteiger partial charge in [-0.2, -0.15) is 0 Å². The Bertz CT molecular complexity index is 1050. The number of imidazole rings is 1. The van der Waals surface area contributed by atoms with Crippen LogP contribution in [0.25, 0.3) is 17.0 Å². The fourth-order valence-electron chi connectivity index (χ4n) is 5.03. The molecule has 1 aliphatic rings. The summed E-state index contributed by atoms with van der Waals surface area (Å²) < 4.78 is 7.76. The van der Waals surface area contributed by atoms with Gasteiger partial charge in [0.1, 0.15) is 17.0 Å². The predicted molar refractivity (Wildman–Crippen MR) is 129 cm³/mol. The van der Waals surface area contributed by atoms with Crippen molar-refractivity contribution in [1.82, 2.24) is 9.97 Å². The van der Waals surface area contributed by atoms with Crippen LogP contribution in [0, 0.1) is 6.92 Å². The number of ether oxygens (including phenoxy) is 1. The van der Waals surface area contributed by atoms with Crippen LogP contribution >= 0.6 is 21.6 Å². The van der Waals surface area contributed by atoms with E-state index in [1.807, 2.05) is 27.7 Å². The van der Waals surface area contributed by atoms with Gasteiger partial charge in [-0.15, -0.1) is 0 Å². The summed E-state index contributed by atoms with van der Waals surface area (Å²) in [4.78, 5) is 8.61. The highest BCUT2D eigenvalue weighted by Crippen LogP contribution is 2.50. The average molecular weight is 443 g/mol.